The van der Waals surface area contributed by atoms with Gasteiger partial charge in [0.05, 0.1) is 11.0 Å². The van der Waals surface area contributed by atoms with E-state index in [2.05, 4.69) is 68.8 Å². The minimum Gasteiger partial charge on any atom is -0.327 e. The normalized spacial score (nSPS) is 27.2. The van der Waals surface area contributed by atoms with E-state index in [0.29, 0.717) is 11.7 Å². The van der Waals surface area contributed by atoms with Crippen LogP contribution in [-0.4, -0.2) is 15.3 Å². The number of hydrogen-bond acceptors (Lipinski definition) is 2. The van der Waals surface area contributed by atoms with E-state index in [1.54, 1.807) is 0 Å². The molecule has 0 amide bonds. The number of carbonyl (C=O) groups excluding carboxylic acids is 1. The van der Waals surface area contributed by atoms with Crippen molar-refractivity contribution in [3.63, 3.8) is 0 Å². The number of hydrogen-bond donors (Lipinski definition) is 0. The molecule has 2 aliphatic rings. The number of benzene rings is 2. The highest BCUT2D eigenvalue weighted by atomic mass is 16.1. The molecule has 2 saturated carbocycles. The summed E-state index contributed by atoms with van der Waals surface area (Å²) in [5.74, 6) is 1.70. The number of nitrogens with zero attached hydrogens (tertiary/aromatic N) is 2. The van der Waals surface area contributed by atoms with Crippen molar-refractivity contribution < 1.29 is 4.79 Å². The van der Waals surface area contributed by atoms with Gasteiger partial charge in [0.15, 0.2) is 5.78 Å². The number of aryl methyl sites for hydroxylation is 1. The first kappa shape index (κ1) is 17.4. The molecular weight excluding hydrogens is 344 g/mol. The Kier molecular flexibility index (Phi) is 3.52. The van der Waals surface area contributed by atoms with Crippen LogP contribution in [0.5, 0.6) is 0 Å². The Morgan fingerprint density at radius 1 is 1.07 bits per heavy atom. The smallest absolute Gasteiger partial charge is 0.165 e. The maximum Gasteiger partial charge on any atom is 0.165 e. The molecule has 2 bridgehead atoms. The summed E-state index contributed by atoms with van der Waals surface area (Å²) < 4.78 is 2.13. The molecule has 3 aromatic rings. The minimum absolute atomic E-state index is 0.0585. The first-order valence-corrected chi connectivity index (χ1v) is 10.1. The molecule has 0 aliphatic heterocycles. The van der Waals surface area contributed by atoms with Crippen molar-refractivity contribution in [1.82, 2.24) is 9.55 Å². The lowest BCUT2D eigenvalue weighted by Crippen LogP contribution is -2.32. The lowest BCUT2D eigenvalue weighted by molar-refractivity contribution is -0.125. The van der Waals surface area contributed by atoms with Crippen LogP contribution in [0, 0.1) is 16.7 Å². The monoisotopic (exact) mass is 370 g/mol. The van der Waals surface area contributed by atoms with E-state index in [-0.39, 0.29) is 10.8 Å². The van der Waals surface area contributed by atoms with Gasteiger partial charge >= 0.3 is 0 Å². The maximum absolute atomic E-state index is 13.1. The summed E-state index contributed by atoms with van der Waals surface area (Å²) in [5, 5.41) is 0. The molecule has 3 nitrogen and oxygen atoms in total. The molecule has 0 saturated heterocycles. The van der Waals surface area contributed by atoms with Crippen molar-refractivity contribution in [2.24, 2.45) is 23.8 Å². The predicted molar refractivity (Wildman–Crippen MR) is 114 cm³/mol. The zero-order valence-electron chi connectivity index (χ0n) is 17.0. The summed E-state index contributed by atoms with van der Waals surface area (Å²) in [7, 11) is 2.05. The van der Waals surface area contributed by atoms with Gasteiger partial charge in [0.25, 0.3) is 0 Å². The van der Waals surface area contributed by atoms with Crippen LogP contribution in [0.3, 0.4) is 0 Å². The van der Waals surface area contributed by atoms with Crippen LogP contribution in [0.4, 0.5) is 0 Å². The van der Waals surface area contributed by atoms with Crippen LogP contribution in [0.25, 0.3) is 28.5 Å². The first-order chi connectivity index (χ1) is 13.3. The molecule has 2 fully saturated rings. The molecule has 1 aromatic heterocycles. The summed E-state index contributed by atoms with van der Waals surface area (Å²) in [4.78, 5) is 17.8. The Morgan fingerprint density at radius 2 is 1.79 bits per heavy atom. The van der Waals surface area contributed by atoms with Gasteiger partial charge in [-0.25, -0.2) is 4.98 Å². The Balaban J connectivity index is 1.50. The number of allylic oxidation sites excluding steroid dienone is 1. The Labute approximate surface area is 166 Å². The highest BCUT2D eigenvalue weighted by Gasteiger charge is 2.63. The lowest BCUT2D eigenvalue weighted by Gasteiger charge is -2.31. The van der Waals surface area contributed by atoms with Gasteiger partial charge in [-0.2, -0.15) is 0 Å². The number of carbonyl (C=O) groups is 1. The van der Waals surface area contributed by atoms with E-state index in [1.807, 2.05) is 18.2 Å². The van der Waals surface area contributed by atoms with E-state index >= 15 is 0 Å². The van der Waals surface area contributed by atoms with Gasteiger partial charge in [-0.3, -0.25) is 4.79 Å². The van der Waals surface area contributed by atoms with Crippen molar-refractivity contribution in [3.05, 3.63) is 59.7 Å². The molecule has 28 heavy (non-hydrogen) atoms. The van der Waals surface area contributed by atoms with Crippen molar-refractivity contribution >= 4 is 22.9 Å². The summed E-state index contributed by atoms with van der Waals surface area (Å²) in [6, 6.07) is 16.6. The highest BCUT2D eigenvalue weighted by Crippen LogP contribution is 2.65. The Hall–Kier alpha value is -2.68. The van der Waals surface area contributed by atoms with Crippen molar-refractivity contribution in [3.8, 4) is 11.4 Å². The van der Waals surface area contributed by atoms with Gasteiger partial charge in [-0.1, -0.05) is 57.2 Å². The summed E-state index contributed by atoms with van der Waals surface area (Å²) in [6.07, 6.45) is 4.27. The van der Waals surface area contributed by atoms with Crippen molar-refractivity contribution in [2.45, 2.75) is 33.6 Å². The zero-order chi connectivity index (χ0) is 19.7. The van der Waals surface area contributed by atoms with Crippen molar-refractivity contribution in [2.75, 3.05) is 0 Å². The van der Waals surface area contributed by atoms with Crippen LogP contribution < -0.4 is 0 Å². The van der Waals surface area contributed by atoms with Gasteiger partial charge in [0.2, 0.25) is 0 Å². The number of ketones is 1. The largest absolute Gasteiger partial charge is 0.327 e. The fourth-order valence-electron chi connectivity index (χ4n) is 5.41. The molecule has 2 unspecified atom stereocenters. The number of fused-ring (bicyclic) bond motifs is 3. The number of imidazole rings is 1. The molecule has 0 spiro atoms. The van der Waals surface area contributed by atoms with Gasteiger partial charge in [0.1, 0.15) is 5.82 Å². The molecule has 2 aliphatic carbocycles. The lowest BCUT2D eigenvalue weighted by atomic mass is 9.70. The molecule has 0 radical (unpaired) electrons. The van der Waals surface area contributed by atoms with Crippen molar-refractivity contribution in [1.29, 1.82) is 0 Å². The van der Waals surface area contributed by atoms with E-state index in [9.17, 15) is 4.79 Å². The van der Waals surface area contributed by atoms with Gasteiger partial charge in [-0.05, 0) is 53.5 Å². The second kappa shape index (κ2) is 5.66. The maximum atomic E-state index is 13.1. The first-order valence-electron chi connectivity index (χ1n) is 10.1. The standard InChI is InChI=1S/C25H26N2O/c1-24(2)19-13-14-25(24,3)22(28)18(19)15-16-9-11-17(12-10-16)23-26-20-7-5-6-8-21(20)27(23)4/h5-12,15,19H,13-14H2,1-4H3/b18-15-. The van der Waals surface area contributed by atoms with Crippen LogP contribution in [0.15, 0.2) is 54.1 Å². The number of para-hydroxylation sites is 2. The third kappa shape index (κ3) is 2.16. The molecule has 2 aromatic carbocycles. The molecule has 0 N–H and O–H groups in total. The Bertz CT molecular complexity index is 1130. The van der Waals surface area contributed by atoms with E-state index in [0.717, 1.165) is 46.4 Å². The molecule has 1 heterocycles. The van der Waals surface area contributed by atoms with Gasteiger partial charge in [-0.15, -0.1) is 0 Å². The third-order valence-electron chi connectivity index (χ3n) is 7.64. The van der Waals surface area contributed by atoms with Crippen LogP contribution in [0.1, 0.15) is 39.2 Å². The van der Waals surface area contributed by atoms with E-state index in [1.165, 1.54) is 0 Å². The van der Waals surface area contributed by atoms with Gasteiger partial charge in [0, 0.05) is 18.0 Å². The number of Topliss-reactive ketones (excluding diaryl/α,β-unsaturated/α-hetero) is 1. The number of rotatable bonds is 2. The van der Waals surface area contributed by atoms with Gasteiger partial charge < -0.3 is 4.57 Å². The summed E-state index contributed by atoms with van der Waals surface area (Å²) in [6.45, 7) is 6.68. The topological polar surface area (TPSA) is 34.9 Å². The summed E-state index contributed by atoms with van der Waals surface area (Å²) >= 11 is 0. The second-order valence-corrected chi connectivity index (χ2v) is 9.18. The molecule has 3 heteroatoms. The van der Waals surface area contributed by atoms with Crippen LogP contribution in [-0.2, 0) is 11.8 Å². The fraction of sp³-hybridized carbons (Fsp3) is 0.360. The third-order valence-corrected chi connectivity index (χ3v) is 7.64. The Morgan fingerprint density at radius 3 is 2.43 bits per heavy atom. The van der Waals surface area contributed by atoms with E-state index in [4.69, 9.17) is 4.98 Å². The quantitative estimate of drug-likeness (QED) is 0.546. The van der Waals surface area contributed by atoms with E-state index < -0.39 is 0 Å². The molecule has 142 valence electrons. The minimum atomic E-state index is -0.198. The van der Waals surface area contributed by atoms with Crippen LogP contribution >= 0.6 is 0 Å². The average Bonchev–Trinajstić information content (AvgIpc) is 3.19. The summed E-state index contributed by atoms with van der Waals surface area (Å²) in [5.41, 5.74) is 5.21. The predicted octanol–water partition coefficient (Wildman–Crippen LogP) is 5.65. The van der Waals surface area contributed by atoms with Crippen LogP contribution in [0.2, 0.25) is 0 Å². The molecular formula is C25H26N2O. The average molecular weight is 370 g/mol. The zero-order valence-corrected chi connectivity index (χ0v) is 17.0. The highest BCUT2D eigenvalue weighted by molar-refractivity contribution is 6.08. The molecule has 5 rings (SSSR count). The fourth-order valence-corrected chi connectivity index (χ4v) is 5.41. The second-order valence-electron chi connectivity index (χ2n) is 9.18. The number of aromatic nitrogens is 2. The SMILES string of the molecule is Cn1c(-c2ccc(/C=C3\C(=O)C4(C)CCC3C4(C)C)cc2)nc2ccccc21. The molecule has 2 atom stereocenters.